The van der Waals surface area contributed by atoms with Gasteiger partial charge in [-0.25, -0.2) is 0 Å². The van der Waals surface area contributed by atoms with Crippen LogP contribution in [0.15, 0.2) is 0 Å². The minimum absolute atomic E-state index is 0.0346. The normalized spacial score (nSPS) is 44.7. The van der Waals surface area contributed by atoms with Gasteiger partial charge in [0.25, 0.3) is 0 Å². The van der Waals surface area contributed by atoms with E-state index in [0.29, 0.717) is 11.8 Å². The van der Waals surface area contributed by atoms with Gasteiger partial charge in [-0.05, 0) is 42.4 Å². The van der Waals surface area contributed by atoms with E-state index < -0.39 is 5.97 Å². The van der Waals surface area contributed by atoms with Crippen LogP contribution in [0.25, 0.3) is 0 Å². The van der Waals surface area contributed by atoms with E-state index in [1.54, 1.807) is 0 Å². The van der Waals surface area contributed by atoms with Crippen LogP contribution in [0, 0.1) is 29.1 Å². The molecule has 2 rings (SSSR count). The molecule has 0 radical (unpaired) electrons. The van der Waals surface area contributed by atoms with Gasteiger partial charge in [-0.2, -0.15) is 0 Å². The number of carboxylic acids is 1. The SMILES string of the molecule is CC1CCC(C(C)C)C2(C1)CC2C(=O)O. The number of hydrogen-bond acceptors (Lipinski definition) is 1. The van der Waals surface area contributed by atoms with Crippen molar-refractivity contribution in [1.29, 1.82) is 0 Å². The number of hydrogen-bond donors (Lipinski definition) is 1. The second-order valence-electron chi connectivity index (χ2n) is 6.07. The first-order valence-electron chi connectivity index (χ1n) is 6.20. The predicted molar refractivity (Wildman–Crippen MR) is 59.5 cm³/mol. The Morgan fingerprint density at radius 3 is 2.47 bits per heavy atom. The Bertz CT molecular complexity index is 272. The van der Waals surface area contributed by atoms with Gasteiger partial charge in [0.15, 0.2) is 0 Å². The summed E-state index contributed by atoms with van der Waals surface area (Å²) in [5, 5.41) is 9.16. The molecule has 0 bridgehead atoms. The maximum atomic E-state index is 11.1. The first-order chi connectivity index (χ1) is 6.97. The Labute approximate surface area is 92.1 Å². The first-order valence-corrected chi connectivity index (χ1v) is 6.20. The first kappa shape index (κ1) is 11.0. The van der Waals surface area contributed by atoms with Crippen LogP contribution >= 0.6 is 0 Å². The molecule has 0 aromatic rings. The molecule has 0 aromatic carbocycles. The van der Waals surface area contributed by atoms with E-state index in [-0.39, 0.29) is 11.3 Å². The molecule has 0 heterocycles. The highest BCUT2D eigenvalue weighted by Gasteiger charge is 2.63. The van der Waals surface area contributed by atoms with Crippen LogP contribution in [0.1, 0.15) is 46.5 Å². The molecule has 1 N–H and O–H groups in total. The van der Waals surface area contributed by atoms with Crippen molar-refractivity contribution in [3.63, 3.8) is 0 Å². The molecule has 1 spiro atoms. The van der Waals surface area contributed by atoms with E-state index in [4.69, 9.17) is 5.11 Å². The van der Waals surface area contributed by atoms with E-state index in [9.17, 15) is 4.79 Å². The maximum absolute atomic E-state index is 11.1. The summed E-state index contributed by atoms with van der Waals surface area (Å²) in [4.78, 5) is 11.1. The van der Waals surface area contributed by atoms with Crippen LogP contribution in [0.2, 0.25) is 0 Å². The Kier molecular flexibility index (Phi) is 2.56. The van der Waals surface area contributed by atoms with Crippen molar-refractivity contribution >= 4 is 5.97 Å². The van der Waals surface area contributed by atoms with Gasteiger partial charge in [-0.15, -0.1) is 0 Å². The lowest BCUT2D eigenvalue weighted by Gasteiger charge is -2.38. The summed E-state index contributed by atoms with van der Waals surface area (Å²) in [5.74, 6) is 1.42. The molecule has 4 unspecified atom stereocenters. The molecule has 0 saturated heterocycles. The van der Waals surface area contributed by atoms with Crippen LogP contribution in [-0.4, -0.2) is 11.1 Å². The van der Waals surface area contributed by atoms with Crippen LogP contribution in [-0.2, 0) is 4.79 Å². The lowest BCUT2D eigenvalue weighted by Crippen LogP contribution is -2.31. The minimum atomic E-state index is -0.560. The van der Waals surface area contributed by atoms with Gasteiger partial charge >= 0.3 is 5.97 Å². The fourth-order valence-corrected chi connectivity index (χ4v) is 3.94. The quantitative estimate of drug-likeness (QED) is 0.760. The van der Waals surface area contributed by atoms with Crippen LogP contribution in [0.3, 0.4) is 0 Å². The standard InChI is InChI=1S/C13H22O2/c1-8(2)10-5-4-9(3)6-13(10)7-11(13)12(14)15/h8-11H,4-7H2,1-3H3,(H,14,15). The summed E-state index contributed by atoms with van der Waals surface area (Å²) in [6, 6.07) is 0. The molecule has 0 aromatic heterocycles. The number of rotatable bonds is 2. The third-order valence-electron chi connectivity index (χ3n) is 4.66. The van der Waals surface area contributed by atoms with Gasteiger partial charge < -0.3 is 5.11 Å². The molecule has 2 aliphatic rings. The molecule has 2 saturated carbocycles. The van der Waals surface area contributed by atoms with E-state index in [1.165, 1.54) is 12.8 Å². The summed E-state index contributed by atoms with van der Waals surface area (Å²) in [6.07, 6.45) is 4.61. The Balaban J connectivity index is 2.16. The van der Waals surface area contributed by atoms with Gasteiger partial charge in [0.05, 0.1) is 5.92 Å². The lowest BCUT2D eigenvalue weighted by atomic mass is 9.66. The smallest absolute Gasteiger partial charge is 0.307 e. The summed E-state index contributed by atoms with van der Waals surface area (Å²) < 4.78 is 0. The van der Waals surface area contributed by atoms with Crippen molar-refractivity contribution in [3.05, 3.63) is 0 Å². The van der Waals surface area contributed by atoms with Crippen molar-refractivity contribution in [2.24, 2.45) is 29.1 Å². The Morgan fingerprint density at radius 1 is 1.33 bits per heavy atom. The molecule has 2 heteroatoms. The molecule has 2 aliphatic carbocycles. The van der Waals surface area contributed by atoms with Gasteiger partial charge in [-0.3, -0.25) is 4.79 Å². The Hall–Kier alpha value is -0.530. The zero-order chi connectivity index (χ0) is 11.2. The summed E-state index contributed by atoms with van der Waals surface area (Å²) in [5.41, 5.74) is 0.178. The van der Waals surface area contributed by atoms with Crippen molar-refractivity contribution in [2.45, 2.75) is 46.5 Å². The monoisotopic (exact) mass is 210 g/mol. The lowest BCUT2D eigenvalue weighted by molar-refractivity contribution is -0.140. The van der Waals surface area contributed by atoms with Crippen molar-refractivity contribution in [2.75, 3.05) is 0 Å². The van der Waals surface area contributed by atoms with Crippen molar-refractivity contribution < 1.29 is 9.90 Å². The molecule has 86 valence electrons. The van der Waals surface area contributed by atoms with Crippen LogP contribution in [0.4, 0.5) is 0 Å². The highest BCUT2D eigenvalue weighted by atomic mass is 16.4. The average molecular weight is 210 g/mol. The largest absolute Gasteiger partial charge is 0.481 e. The van der Waals surface area contributed by atoms with E-state index in [1.807, 2.05) is 0 Å². The summed E-state index contributed by atoms with van der Waals surface area (Å²) in [7, 11) is 0. The third-order valence-corrected chi connectivity index (χ3v) is 4.66. The zero-order valence-corrected chi connectivity index (χ0v) is 9.99. The molecular formula is C13H22O2. The molecule has 0 aliphatic heterocycles. The van der Waals surface area contributed by atoms with E-state index >= 15 is 0 Å². The van der Waals surface area contributed by atoms with E-state index in [2.05, 4.69) is 20.8 Å². The van der Waals surface area contributed by atoms with Gasteiger partial charge in [-0.1, -0.05) is 27.2 Å². The molecule has 0 amide bonds. The molecular weight excluding hydrogens is 188 g/mol. The van der Waals surface area contributed by atoms with Gasteiger partial charge in [0, 0.05) is 0 Å². The van der Waals surface area contributed by atoms with Crippen LogP contribution in [0.5, 0.6) is 0 Å². The predicted octanol–water partition coefficient (Wildman–Crippen LogP) is 3.17. The van der Waals surface area contributed by atoms with Crippen molar-refractivity contribution in [1.82, 2.24) is 0 Å². The zero-order valence-electron chi connectivity index (χ0n) is 9.99. The minimum Gasteiger partial charge on any atom is -0.481 e. The highest BCUT2D eigenvalue weighted by molar-refractivity contribution is 5.75. The number of aliphatic carboxylic acids is 1. The topological polar surface area (TPSA) is 37.3 Å². The third kappa shape index (κ3) is 1.68. The molecule has 4 atom stereocenters. The maximum Gasteiger partial charge on any atom is 0.307 e. The van der Waals surface area contributed by atoms with Crippen molar-refractivity contribution in [3.8, 4) is 0 Å². The molecule has 2 fully saturated rings. The molecule has 15 heavy (non-hydrogen) atoms. The summed E-state index contributed by atoms with van der Waals surface area (Å²) >= 11 is 0. The van der Waals surface area contributed by atoms with Gasteiger partial charge in [0.2, 0.25) is 0 Å². The van der Waals surface area contributed by atoms with Crippen LogP contribution < -0.4 is 0 Å². The fraction of sp³-hybridized carbons (Fsp3) is 0.923. The molecule has 2 nitrogen and oxygen atoms in total. The second-order valence-corrected chi connectivity index (χ2v) is 6.07. The Morgan fingerprint density at radius 2 is 2.00 bits per heavy atom. The van der Waals surface area contributed by atoms with Gasteiger partial charge in [0.1, 0.15) is 0 Å². The number of carboxylic acid groups (broad SMARTS) is 1. The highest BCUT2D eigenvalue weighted by Crippen LogP contribution is 2.66. The average Bonchev–Trinajstić information content (AvgIpc) is 2.79. The summed E-state index contributed by atoms with van der Waals surface area (Å²) in [6.45, 7) is 6.77. The fourth-order valence-electron chi connectivity index (χ4n) is 3.94. The van der Waals surface area contributed by atoms with E-state index in [0.717, 1.165) is 18.8 Å². The second kappa shape index (κ2) is 3.50. The number of carbonyl (C=O) groups is 1.